The Balaban J connectivity index is 0.00000121. The maximum atomic E-state index is 10.9. The smallest absolute Gasteiger partial charge is 0.0591 e. The number of benzene rings is 1. The van der Waals surface area contributed by atoms with Gasteiger partial charge in [-0.1, -0.05) is 30.0 Å². The normalized spacial score (nSPS) is 8.42. The first-order valence-electron chi connectivity index (χ1n) is 3.39. The molecule has 0 saturated carbocycles. The molecule has 0 aromatic heterocycles. The Morgan fingerprint density at radius 1 is 1.33 bits per heavy atom. The maximum absolute atomic E-state index is 10.9. The summed E-state index contributed by atoms with van der Waals surface area (Å²) in [5.41, 5.74) is 0. The molecular weight excluding hydrogens is 423 g/mol. The van der Waals surface area contributed by atoms with Crippen LogP contribution in [0.1, 0.15) is 6.92 Å². The molecule has 0 amide bonds. The molecule has 0 radical (unpaired) electrons. The van der Waals surface area contributed by atoms with Crippen LogP contribution in [0, 0.1) is 6.42 Å². The zero-order valence-electron chi connectivity index (χ0n) is 6.99. The number of rotatable bonds is 2. The van der Waals surface area contributed by atoms with Gasteiger partial charge in [0.25, 0.3) is 0 Å². The van der Waals surface area contributed by atoms with Crippen LogP contribution >= 0.6 is 11.8 Å². The van der Waals surface area contributed by atoms with E-state index in [1.807, 2.05) is 30.3 Å². The predicted molar refractivity (Wildman–Crippen MR) is 47.3 cm³/mol. The molecule has 12 heavy (non-hydrogen) atoms. The standard InChI is InChI=1S/C9H9OS.Rf/c1-2-9(10)11-8-6-4-3-5-7-8;/h2-7H,1H3;/q-1;. The van der Waals surface area contributed by atoms with Crippen molar-refractivity contribution in [3.8, 4) is 0 Å². The molecule has 0 N–H and O–H groups in total. The molecule has 0 aliphatic carbocycles. The molecule has 0 saturated heterocycles. The summed E-state index contributed by atoms with van der Waals surface area (Å²) in [6.45, 7) is 1.75. The minimum Gasteiger partial charge on any atom is -0.322 e. The molecule has 1 nitrogen and oxygen atoms in total. The summed E-state index contributed by atoms with van der Waals surface area (Å²) in [6.07, 6.45) is 1.57. The van der Waals surface area contributed by atoms with Gasteiger partial charge in [-0.15, -0.1) is 0 Å². The number of hydrogen-bond donors (Lipinski definition) is 0. The quantitative estimate of drug-likeness (QED) is 0.528. The van der Waals surface area contributed by atoms with E-state index in [0.717, 1.165) is 4.90 Å². The molecule has 0 atom stereocenters. The van der Waals surface area contributed by atoms with E-state index < -0.39 is 0 Å². The van der Waals surface area contributed by atoms with Gasteiger partial charge in [-0.25, -0.2) is 0 Å². The summed E-state index contributed by atoms with van der Waals surface area (Å²) < 4.78 is 0. The number of hydrogen-bond acceptors (Lipinski definition) is 2. The summed E-state index contributed by atoms with van der Waals surface area (Å²) in [7, 11) is 0. The van der Waals surface area contributed by atoms with Gasteiger partial charge in [-0.3, -0.25) is 0 Å². The Morgan fingerprint density at radius 2 is 1.92 bits per heavy atom. The van der Waals surface area contributed by atoms with Crippen LogP contribution in [-0.2, 0) is 4.79 Å². The molecule has 1 aromatic rings. The van der Waals surface area contributed by atoms with Crippen LogP contribution in [0.3, 0.4) is 0 Å². The van der Waals surface area contributed by atoms with Crippen molar-refractivity contribution in [3.63, 3.8) is 0 Å². The van der Waals surface area contributed by atoms with E-state index in [9.17, 15) is 4.79 Å². The van der Waals surface area contributed by atoms with Crippen LogP contribution in [0.25, 0.3) is 0 Å². The number of carbonyl (C=O) groups is 1. The van der Waals surface area contributed by atoms with Crippen molar-refractivity contribution in [2.24, 2.45) is 0 Å². The van der Waals surface area contributed by atoms with E-state index in [1.165, 1.54) is 11.8 Å². The van der Waals surface area contributed by atoms with Crippen molar-refractivity contribution < 1.29 is 4.79 Å². The van der Waals surface area contributed by atoms with Gasteiger partial charge in [-0.2, -0.15) is 6.92 Å². The van der Waals surface area contributed by atoms with Crippen molar-refractivity contribution in [2.45, 2.75) is 11.8 Å². The van der Waals surface area contributed by atoms with Crippen LogP contribution in [0.2, 0.25) is 0 Å². The van der Waals surface area contributed by atoms with Gasteiger partial charge < -0.3 is 11.2 Å². The first-order valence-corrected chi connectivity index (χ1v) is 4.21. The van der Waals surface area contributed by atoms with E-state index in [1.54, 1.807) is 13.3 Å². The summed E-state index contributed by atoms with van der Waals surface area (Å²) >= 11 is 1.25. The molecule has 0 bridgehead atoms. The second kappa shape index (κ2) is 4.85. The minimum absolute atomic E-state index is 0. The average molecular weight is 432 g/mol. The fraction of sp³-hybridized carbons (Fsp3) is 0.111. The summed E-state index contributed by atoms with van der Waals surface area (Å²) in [4.78, 5) is 11.9. The largest absolute Gasteiger partial charge is 0.322 e. The third-order valence-corrected chi connectivity index (χ3v) is 2.14. The number of carbonyl (C=O) groups excluding carboxylic acids is 1. The minimum atomic E-state index is 0. The molecule has 0 aliphatic rings. The average Bonchev–Trinajstić information content (AvgIpc) is 2.06. The van der Waals surface area contributed by atoms with E-state index in [-0.39, 0.29) is 5.12 Å². The third kappa shape index (κ3) is 2.80. The topological polar surface area (TPSA) is 17.1 Å². The first-order chi connectivity index (χ1) is 5.33. The molecule has 0 unspecified atom stereocenters. The Labute approximate surface area is 70.8 Å². The third-order valence-electron chi connectivity index (χ3n) is 1.20. The zero-order chi connectivity index (χ0) is 8.10. The SMILES string of the molecule is C[CH-]C(=O)Sc1ccccc1.[Rf]. The van der Waals surface area contributed by atoms with Gasteiger partial charge >= 0.3 is 0 Å². The Kier molecular flexibility index (Phi) is 4.09. The molecule has 0 spiro atoms. The maximum Gasteiger partial charge on any atom is 0.0591 e. The van der Waals surface area contributed by atoms with Crippen LogP contribution in [-0.4, -0.2) is 5.12 Å². The molecule has 0 heterocycles. The van der Waals surface area contributed by atoms with Crippen LogP contribution in [0.4, 0.5) is 0 Å². The molecule has 60 valence electrons. The van der Waals surface area contributed by atoms with Crippen LogP contribution < -0.4 is 0 Å². The van der Waals surface area contributed by atoms with Crippen molar-refractivity contribution in [2.75, 3.05) is 0 Å². The molecule has 3 heteroatoms. The van der Waals surface area contributed by atoms with Gasteiger partial charge in [0.1, 0.15) is 0 Å². The van der Waals surface area contributed by atoms with Crippen LogP contribution in [0.15, 0.2) is 35.2 Å². The second-order valence-electron chi connectivity index (χ2n) is 2.02. The van der Waals surface area contributed by atoms with Gasteiger partial charge in [0.15, 0.2) is 0 Å². The monoisotopic (exact) mass is 432 g/mol. The Morgan fingerprint density at radius 3 is 2.42 bits per heavy atom. The summed E-state index contributed by atoms with van der Waals surface area (Å²) in [5, 5.41) is 0.0937. The van der Waals surface area contributed by atoms with Crippen LogP contribution in [0.5, 0.6) is 0 Å². The van der Waals surface area contributed by atoms with E-state index in [0.29, 0.717) is 0 Å². The summed E-state index contributed by atoms with van der Waals surface area (Å²) in [6, 6.07) is 9.62. The van der Waals surface area contributed by atoms with E-state index in [2.05, 4.69) is 0 Å². The fourth-order valence-electron chi connectivity index (χ4n) is 0.664. The molecule has 0 aliphatic heterocycles. The molecule has 1 rings (SSSR count). The van der Waals surface area contributed by atoms with E-state index >= 15 is 0 Å². The van der Waals surface area contributed by atoms with Crippen molar-refractivity contribution in [1.29, 1.82) is 0 Å². The van der Waals surface area contributed by atoms with Gasteiger partial charge in [0.2, 0.25) is 0 Å². The van der Waals surface area contributed by atoms with Crippen molar-refractivity contribution in [1.82, 2.24) is 0 Å². The van der Waals surface area contributed by atoms with Crippen molar-refractivity contribution >= 4 is 16.9 Å². The molecule has 1 aromatic carbocycles. The zero-order valence-corrected chi connectivity index (χ0v) is 14.2. The second-order valence-corrected chi connectivity index (χ2v) is 3.10. The van der Waals surface area contributed by atoms with Crippen molar-refractivity contribution in [3.05, 3.63) is 36.8 Å². The van der Waals surface area contributed by atoms with Gasteiger partial charge in [0.05, 0.1) is 5.12 Å². The fourth-order valence-corrected chi connectivity index (χ4v) is 1.31. The van der Waals surface area contributed by atoms with Gasteiger partial charge in [0, 0.05) is 4.90 Å². The molecular formula is C9H9ORfS-. The van der Waals surface area contributed by atoms with E-state index in [4.69, 9.17) is 0 Å². The molecule has 0 fully saturated rings. The Hall–Kier alpha value is -1.89. The first kappa shape index (κ1) is 10.1. The number of thioether (sulfide) groups is 1. The Bertz CT molecular complexity index is 236. The van der Waals surface area contributed by atoms with Gasteiger partial charge in [-0.05, 0) is 12.1 Å². The predicted octanol–water partition coefficient (Wildman–Crippen LogP) is 2.53. The summed E-state index contributed by atoms with van der Waals surface area (Å²) in [5.74, 6) is 0.